The van der Waals surface area contributed by atoms with E-state index in [0.717, 1.165) is 15.8 Å². The molecule has 0 saturated heterocycles. The van der Waals surface area contributed by atoms with Gasteiger partial charge in [0.05, 0.1) is 5.52 Å². The number of rotatable bonds is 0. The van der Waals surface area contributed by atoms with Gasteiger partial charge in [-0.3, -0.25) is 4.98 Å². The number of hydrogen-bond acceptors (Lipinski definition) is 2. The number of hydrogen-bond donors (Lipinski definition) is 0. The third-order valence-electron chi connectivity index (χ3n) is 1.60. The summed E-state index contributed by atoms with van der Waals surface area (Å²) >= 11 is 5.09. The Balaban J connectivity index is 0.000000720. The number of para-hydroxylation sites is 1. The van der Waals surface area contributed by atoms with Crippen LogP contribution in [0.3, 0.4) is 0 Å². The third-order valence-corrected chi connectivity index (χ3v) is 1.93. The standard InChI is InChI=1S/C9H7NS.Na/c11-8-5-1-3-7-4-2-6-10-9(7)8;/h1-6,11H;/p-1. The van der Waals surface area contributed by atoms with Crippen LogP contribution >= 0.6 is 0 Å². The Morgan fingerprint density at radius 3 is 2.58 bits per heavy atom. The fraction of sp³-hybridized carbons (Fsp3) is 0. The van der Waals surface area contributed by atoms with E-state index in [1.807, 2.05) is 30.3 Å². The van der Waals surface area contributed by atoms with Gasteiger partial charge in [0.1, 0.15) is 0 Å². The van der Waals surface area contributed by atoms with Crippen molar-refractivity contribution in [3.05, 3.63) is 36.5 Å². The first-order chi connectivity index (χ1) is 5.38. The summed E-state index contributed by atoms with van der Waals surface area (Å²) < 4.78 is 0. The van der Waals surface area contributed by atoms with Crippen molar-refractivity contribution < 1.29 is 0 Å². The van der Waals surface area contributed by atoms with E-state index < -0.39 is 0 Å². The van der Waals surface area contributed by atoms with E-state index >= 15 is 0 Å². The zero-order valence-electron chi connectivity index (χ0n) is 6.82. The van der Waals surface area contributed by atoms with E-state index in [1.54, 1.807) is 6.20 Å². The average Bonchev–Trinajstić information content (AvgIpc) is 2.06. The Morgan fingerprint density at radius 1 is 1.08 bits per heavy atom. The fourth-order valence-electron chi connectivity index (χ4n) is 1.08. The van der Waals surface area contributed by atoms with Crippen LogP contribution in [0.25, 0.3) is 10.9 Å². The van der Waals surface area contributed by atoms with Gasteiger partial charge < -0.3 is 12.6 Å². The molecule has 0 spiro atoms. The molecule has 1 aromatic carbocycles. The Hall–Kier alpha value is -0.150. The van der Waals surface area contributed by atoms with Crippen LogP contribution in [-0.2, 0) is 12.6 Å². The van der Waals surface area contributed by atoms with Crippen LogP contribution in [0.5, 0.6) is 0 Å². The first kappa shape index (κ1) is 9.93. The van der Waals surface area contributed by atoms with Crippen LogP contribution in [0.4, 0.5) is 0 Å². The van der Waals surface area contributed by atoms with Gasteiger partial charge in [-0.25, -0.2) is 0 Å². The van der Waals surface area contributed by atoms with Crippen molar-refractivity contribution in [2.45, 2.75) is 4.90 Å². The summed E-state index contributed by atoms with van der Waals surface area (Å²) in [6.45, 7) is 0. The molecule has 1 aromatic heterocycles. The molecule has 1 radical (unpaired) electrons. The van der Waals surface area contributed by atoms with Gasteiger partial charge in [0, 0.05) is 35.8 Å². The van der Waals surface area contributed by atoms with Crippen molar-refractivity contribution >= 4 is 53.1 Å². The normalized spacial score (nSPS) is 9.33. The maximum Gasteiger partial charge on any atom is 0.0511 e. The molecule has 0 saturated carbocycles. The molecule has 0 aliphatic carbocycles. The predicted octanol–water partition coefficient (Wildman–Crippen LogP) is 1.76. The summed E-state index contributed by atoms with van der Waals surface area (Å²) in [6, 6.07) is 9.78. The minimum absolute atomic E-state index is 0. The van der Waals surface area contributed by atoms with E-state index in [-0.39, 0.29) is 29.6 Å². The summed E-state index contributed by atoms with van der Waals surface area (Å²) in [7, 11) is 0. The molecule has 3 heteroatoms. The number of fused-ring (bicyclic) bond motifs is 1. The molecule has 0 amide bonds. The van der Waals surface area contributed by atoms with Gasteiger partial charge in [-0.1, -0.05) is 24.3 Å². The Morgan fingerprint density at radius 2 is 1.83 bits per heavy atom. The van der Waals surface area contributed by atoms with Gasteiger partial charge >= 0.3 is 0 Å². The van der Waals surface area contributed by atoms with E-state index in [9.17, 15) is 0 Å². The molecule has 2 rings (SSSR count). The SMILES string of the molecule is [Na].[S-]c1cccc2cccnc12. The minimum Gasteiger partial charge on any atom is -0.778 e. The molecule has 0 atom stereocenters. The molecule has 55 valence electrons. The third kappa shape index (κ3) is 1.77. The number of aromatic nitrogens is 1. The number of pyridine rings is 1. The maximum absolute atomic E-state index is 5.09. The molecule has 0 aliphatic heterocycles. The Kier molecular flexibility index (Phi) is 3.47. The molecule has 2 aromatic rings. The van der Waals surface area contributed by atoms with Crippen molar-refractivity contribution in [3.63, 3.8) is 0 Å². The van der Waals surface area contributed by atoms with E-state index in [2.05, 4.69) is 4.98 Å². The molecule has 0 bridgehead atoms. The quantitative estimate of drug-likeness (QED) is 0.456. The Labute approximate surface area is 98.9 Å². The van der Waals surface area contributed by atoms with Gasteiger partial charge in [0.25, 0.3) is 0 Å². The van der Waals surface area contributed by atoms with Gasteiger partial charge in [-0.2, -0.15) is 0 Å². The molecule has 1 heterocycles. The summed E-state index contributed by atoms with van der Waals surface area (Å²) in [5.74, 6) is 0. The van der Waals surface area contributed by atoms with Crippen LogP contribution in [0, 0.1) is 0 Å². The monoisotopic (exact) mass is 183 g/mol. The minimum atomic E-state index is 0. The summed E-state index contributed by atoms with van der Waals surface area (Å²) in [5.41, 5.74) is 0.921. The van der Waals surface area contributed by atoms with Gasteiger partial charge in [0.15, 0.2) is 0 Å². The molecule has 0 unspecified atom stereocenters. The zero-order chi connectivity index (χ0) is 7.68. The molecule has 12 heavy (non-hydrogen) atoms. The molecule has 0 fully saturated rings. The topological polar surface area (TPSA) is 12.9 Å². The van der Waals surface area contributed by atoms with Gasteiger partial charge in [-0.15, -0.1) is 4.90 Å². The van der Waals surface area contributed by atoms with Gasteiger partial charge in [-0.05, 0) is 11.5 Å². The van der Waals surface area contributed by atoms with E-state index in [1.165, 1.54) is 0 Å². The summed E-state index contributed by atoms with van der Waals surface area (Å²) in [4.78, 5) is 5.00. The average molecular weight is 183 g/mol. The van der Waals surface area contributed by atoms with Gasteiger partial charge in [0.2, 0.25) is 0 Å². The van der Waals surface area contributed by atoms with Crippen LogP contribution in [0.15, 0.2) is 41.4 Å². The summed E-state index contributed by atoms with van der Waals surface area (Å²) in [6.07, 6.45) is 1.76. The zero-order valence-corrected chi connectivity index (χ0v) is 9.64. The van der Waals surface area contributed by atoms with Crippen LogP contribution < -0.4 is 0 Å². The smallest absolute Gasteiger partial charge is 0.0511 e. The fourth-order valence-corrected chi connectivity index (χ4v) is 1.33. The van der Waals surface area contributed by atoms with Crippen molar-refractivity contribution in [1.82, 2.24) is 4.98 Å². The first-order valence-corrected chi connectivity index (χ1v) is 3.79. The van der Waals surface area contributed by atoms with Crippen molar-refractivity contribution in [2.75, 3.05) is 0 Å². The summed E-state index contributed by atoms with van der Waals surface area (Å²) in [5, 5.41) is 1.11. The van der Waals surface area contributed by atoms with Crippen molar-refractivity contribution in [1.29, 1.82) is 0 Å². The molecule has 0 N–H and O–H groups in total. The number of nitrogens with zero attached hydrogens (tertiary/aromatic N) is 1. The van der Waals surface area contributed by atoms with Crippen molar-refractivity contribution in [3.8, 4) is 0 Å². The van der Waals surface area contributed by atoms with E-state index in [0.29, 0.717) is 0 Å². The number of benzene rings is 1. The van der Waals surface area contributed by atoms with Crippen molar-refractivity contribution in [2.24, 2.45) is 0 Å². The second-order valence-corrected chi connectivity index (χ2v) is 2.77. The second-order valence-electron chi connectivity index (χ2n) is 2.33. The first-order valence-electron chi connectivity index (χ1n) is 3.39. The van der Waals surface area contributed by atoms with Crippen LogP contribution in [0.1, 0.15) is 0 Å². The van der Waals surface area contributed by atoms with Crippen LogP contribution in [-0.4, -0.2) is 34.5 Å². The van der Waals surface area contributed by atoms with Crippen LogP contribution in [0.2, 0.25) is 0 Å². The van der Waals surface area contributed by atoms with E-state index in [4.69, 9.17) is 12.6 Å². The molecular formula is C9H6NNaS-. The molecule has 0 aliphatic rings. The maximum atomic E-state index is 5.09. The Bertz CT molecular complexity index is 384. The second kappa shape index (κ2) is 4.19. The molecule has 1 nitrogen and oxygen atoms in total. The molecular weight excluding hydrogens is 177 g/mol. The largest absolute Gasteiger partial charge is 0.778 e. The predicted molar refractivity (Wildman–Crippen MR) is 53.1 cm³/mol.